The number of likely N-dealkylation sites (tertiary alicyclic amines) is 2. The van der Waals surface area contributed by atoms with Crippen molar-refractivity contribution in [1.29, 1.82) is 0 Å². The molecule has 7 heterocycles. The summed E-state index contributed by atoms with van der Waals surface area (Å²) in [5, 5.41) is 13.9. The fourth-order valence-electron chi connectivity index (χ4n) is 9.71. The summed E-state index contributed by atoms with van der Waals surface area (Å²) in [6.07, 6.45) is 9.55. The van der Waals surface area contributed by atoms with Gasteiger partial charge in [-0.25, -0.2) is 23.1 Å². The highest BCUT2D eigenvalue weighted by molar-refractivity contribution is 6.34. The minimum atomic E-state index is -2.86. The number of benzene rings is 1. The molecule has 16 nitrogen and oxygen atoms in total. The number of urea groups is 1. The molecule has 5 fully saturated rings. The number of anilines is 3. The second-order valence-corrected chi connectivity index (χ2v) is 17.5. The number of fused-ring (bicyclic) bond motifs is 1. The van der Waals surface area contributed by atoms with Crippen LogP contribution in [0.2, 0.25) is 5.02 Å². The van der Waals surface area contributed by atoms with Crippen LogP contribution in [0.15, 0.2) is 42.9 Å². The largest absolute Gasteiger partial charge is 0.378 e. The van der Waals surface area contributed by atoms with E-state index in [-0.39, 0.29) is 47.5 Å². The number of imide groups is 1. The van der Waals surface area contributed by atoms with Crippen molar-refractivity contribution in [3.63, 3.8) is 0 Å². The quantitative estimate of drug-likeness (QED) is 0.210. The van der Waals surface area contributed by atoms with Gasteiger partial charge in [-0.1, -0.05) is 11.6 Å². The van der Waals surface area contributed by atoms with Crippen LogP contribution in [-0.4, -0.2) is 124 Å². The second-order valence-electron chi connectivity index (χ2n) is 17.1. The third-order valence-corrected chi connectivity index (χ3v) is 13.7. The lowest BCUT2D eigenvalue weighted by atomic mass is 9.71. The molecule has 4 saturated heterocycles. The van der Waals surface area contributed by atoms with Crippen molar-refractivity contribution in [2.45, 2.75) is 70.3 Å². The van der Waals surface area contributed by atoms with Gasteiger partial charge in [0.1, 0.15) is 11.4 Å². The number of morpholine rings is 1. The molecular weight excluding hydrogens is 812 g/mol. The Hall–Kier alpha value is -5.20. The van der Waals surface area contributed by atoms with Gasteiger partial charge >= 0.3 is 6.03 Å². The van der Waals surface area contributed by atoms with E-state index in [0.717, 1.165) is 71.0 Å². The zero-order valence-corrected chi connectivity index (χ0v) is 34.7. The van der Waals surface area contributed by atoms with Crippen molar-refractivity contribution in [2.24, 2.45) is 11.3 Å². The molecule has 0 radical (unpaired) electrons. The molecule has 3 aromatic heterocycles. The van der Waals surface area contributed by atoms with Gasteiger partial charge in [0.2, 0.25) is 5.91 Å². The topological polar surface area (TPSA) is 163 Å². The third-order valence-electron chi connectivity index (χ3n) is 13.4. The van der Waals surface area contributed by atoms with Crippen LogP contribution in [0.25, 0.3) is 5.65 Å². The van der Waals surface area contributed by atoms with Crippen molar-refractivity contribution < 1.29 is 32.7 Å². The molecule has 61 heavy (non-hydrogen) atoms. The van der Waals surface area contributed by atoms with Gasteiger partial charge in [-0.05, 0) is 100 Å². The number of aromatic nitrogens is 5. The molecule has 5 amide bonds. The van der Waals surface area contributed by atoms with Gasteiger partial charge in [-0.2, -0.15) is 10.2 Å². The number of alkyl halides is 2. The first kappa shape index (κ1) is 41.2. The number of amides is 5. The molecule has 0 unspecified atom stereocenters. The van der Waals surface area contributed by atoms with Crippen LogP contribution < -0.4 is 20.4 Å². The fourth-order valence-corrected chi connectivity index (χ4v) is 9.93. The molecule has 4 aliphatic heterocycles. The lowest BCUT2D eigenvalue weighted by Gasteiger charge is -2.47. The molecule has 19 heteroatoms. The van der Waals surface area contributed by atoms with E-state index < -0.39 is 24.1 Å². The lowest BCUT2D eigenvalue weighted by molar-refractivity contribution is -0.120. The number of carbonyl (C=O) groups excluding carboxylic acids is 4. The molecule has 1 spiro atoms. The smallest absolute Gasteiger partial charge is 0.328 e. The van der Waals surface area contributed by atoms with Crippen molar-refractivity contribution in [3.05, 3.63) is 64.7 Å². The molecule has 1 aliphatic carbocycles. The number of halogens is 3. The minimum Gasteiger partial charge on any atom is -0.378 e. The van der Waals surface area contributed by atoms with Crippen molar-refractivity contribution in [1.82, 2.24) is 39.5 Å². The second kappa shape index (κ2) is 17.3. The van der Waals surface area contributed by atoms with Crippen molar-refractivity contribution >= 4 is 58.2 Å². The summed E-state index contributed by atoms with van der Waals surface area (Å²) < 4.78 is 37.1. The zero-order chi connectivity index (χ0) is 42.3. The Labute approximate surface area is 356 Å². The van der Waals surface area contributed by atoms with Crippen LogP contribution >= 0.6 is 11.6 Å². The highest BCUT2D eigenvalue weighted by Crippen LogP contribution is 2.43. The third kappa shape index (κ3) is 8.66. The highest BCUT2D eigenvalue weighted by atomic mass is 35.5. The van der Waals surface area contributed by atoms with Gasteiger partial charge in [0, 0.05) is 63.6 Å². The predicted molar refractivity (Wildman–Crippen MR) is 222 cm³/mol. The van der Waals surface area contributed by atoms with Crippen LogP contribution in [0.4, 0.5) is 30.8 Å². The Kier molecular flexibility index (Phi) is 11.7. The molecule has 1 saturated carbocycles. The average molecular weight is 862 g/mol. The van der Waals surface area contributed by atoms with Gasteiger partial charge in [0.15, 0.2) is 11.3 Å². The summed E-state index contributed by atoms with van der Waals surface area (Å²) in [5.74, 6) is 0.195. The van der Waals surface area contributed by atoms with Crippen LogP contribution in [0.1, 0.15) is 96.7 Å². The molecule has 0 atom stereocenters. The standard InChI is InChI=1S/C42H50ClF2N11O5/c43-31-6-3-28(23-33(31)54-13-8-35(57)49-41(54)60)40(59)53-17-11-42(12-18-53)9-15-51(16-10-42)25-27-1-4-29(5-2-27)56-26-32(36(50-56)37(44)45)47-39(58)30-24-46-55-14-7-34(48-38(30)55)52-19-21-61-22-20-52/h3,6-7,14,23-24,26-27,29,37H,1-2,4-5,8-13,15-22,25H2,(H,47,58)(H,49,57,60). The first-order valence-corrected chi connectivity index (χ1v) is 21.7. The number of hydrogen-bond donors (Lipinski definition) is 2. The van der Waals surface area contributed by atoms with Gasteiger partial charge in [0.25, 0.3) is 18.2 Å². The van der Waals surface area contributed by atoms with E-state index in [9.17, 15) is 28.0 Å². The maximum absolute atomic E-state index is 14.3. The summed E-state index contributed by atoms with van der Waals surface area (Å²) in [6, 6.07) is 6.21. The summed E-state index contributed by atoms with van der Waals surface area (Å²) in [6.45, 7) is 7.06. The van der Waals surface area contributed by atoms with Gasteiger partial charge in [-0.15, -0.1) is 0 Å². The predicted octanol–water partition coefficient (Wildman–Crippen LogP) is 5.80. The molecular formula is C42H50ClF2N11O5. The van der Waals surface area contributed by atoms with Gasteiger partial charge in [0.05, 0.1) is 41.8 Å². The maximum Gasteiger partial charge on any atom is 0.328 e. The Morgan fingerprint density at radius 2 is 1.70 bits per heavy atom. The van der Waals surface area contributed by atoms with Crippen LogP contribution in [-0.2, 0) is 9.53 Å². The molecule has 0 bridgehead atoms. The molecule has 2 N–H and O–H groups in total. The van der Waals surface area contributed by atoms with Crippen molar-refractivity contribution in [2.75, 3.05) is 80.7 Å². The Morgan fingerprint density at radius 1 is 0.967 bits per heavy atom. The zero-order valence-electron chi connectivity index (χ0n) is 33.9. The fraction of sp³-hybridized carbons (Fsp3) is 0.548. The Morgan fingerprint density at radius 3 is 2.43 bits per heavy atom. The molecule has 9 rings (SSSR count). The summed E-state index contributed by atoms with van der Waals surface area (Å²) in [5.41, 5.74) is 1.15. The number of carbonyl (C=O) groups is 4. The lowest BCUT2D eigenvalue weighted by Crippen LogP contribution is -2.50. The van der Waals surface area contributed by atoms with Crippen LogP contribution in [0.3, 0.4) is 0 Å². The van der Waals surface area contributed by atoms with E-state index in [1.54, 1.807) is 29.1 Å². The van der Waals surface area contributed by atoms with E-state index in [0.29, 0.717) is 73.0 Å². The van der Waals surface area contributed by atoms with Crippen LogP contribution in [0.5, 0.6) is 0 Å². The van der Waals surface area contributed by atoms with E-state index in [2.05, 4.69) is 35.6 Å². The van der Waals surface area contributed by atoms with E-state index in [4.69, 9.17) is 16.3 Å². The SMILES string of the molecule is O=C1CCN(c2cc(C(=O)N3CCC4(CCN(CC5CCC(n6cc(NC(=O)c7cnn8ccc(N9CCOCC9)nc78)c(C(F)F)n6)CC5)CC4)CC3)ccc2Cl)C(=O)N1. The Balaban J connectivity index is 0.749. The molecule has 1 aromatic carbocycles. The van der Waals surface area contributed by atoms with Gasteiger partial charge in [-0.3, -0.25) is 29.3 Å². The minimum absolute atomic E-state index is 0.00894. The highest BCUT2D eigenvalue weighted by Gasteiger charge is 2.40. The van der Waals surface area contributed by atoms with Crippen LogP contribution in [0, 0.1) is 11.3 Å². The normalized spacial score (nSPS) is 22.6. The first-order chi connectivity index (χ1) is 29.5. The maximum atomic E-state index is 14.3. The van der Waals surface area contributed by atoms with Crippen molar-refractivity contribution in [3.8, 4) is 0 Å². The first-order valence-electron chi connectivity index (χ1n) is 21.3. The number of nitrogens with zero attached hydrogens (tertiary/aromatic N) is 9. The average Bonchev–Trinajstić information content (AvgIpc) is 3.90. The number of rotatable bonds is 9. The monoisotopic (exact) mass is 861 g/mol. The van der Waals surface area contributed by atoms with Gasteiger partial charge < -0.3 is 24.8 Å². The van der Waals surface area contributed by atoms with E-state index in [1.807, 2.05) is 11.0 Å². The number of ether oxygens (including phenoxy) is 1. The summed E-state index contributed by atoms with van der Waals surface area (Å²) >= 11 is 6.42. The summed E-state index contributed by atoms with van der Waals surface area (Å²) in [7, 11) is 0. The number of nitrogens with one attached hydrogen (secondary N) is 2. The summed E-state index contributed by atoms with van der Waals surface area (Å²) in [4.78, 5) is 63.8. The van der Waals surface area contributed by atoms with E-state index in [1.165, 1.54) is 21.8 Å². The molecule has 324 valence electrons. The number of piperidine rings is 2. The number of hydrogen-bond acceptors (Lipinski definition) is 10. The molecule has 4 aromatic rings. The Bertz CT molecular complexity index is 2290. The van der Waals surface area contributed by atoms with E-state index >= 15 is 0 Å². The molecule has 5 aliphatic rings.